The number of nitrogens with zero attached hydrogens (tertiary/aromatic N) is 3. The molecule has 28 heavy (non-hydrogen) atoms. The van der Waals surface area contributed by atoms with Gasteiger partial charge in [-0.1, -0.05) is 6.92 Å². The number of aryl methyl sites for hydroxylation is 1. The van der Waals surface area contributed by atoms with E-state index in [4.69, 9.17) is 0 Å². The number of piperidine rings is 2. The van der Waals surface area contributed by atoms with E-state index in [2.05, 4.69) is 46.1 Å². The number of hydrogen-bond donors (Lipinski definition) is 1. The lowest BCUT2D eigenvalue weighted by atomic mass is 9.97. The average molecular weight is 401 g/mol. The van der Waals surface area contributed by atoms with Gasteiger partial charge in [-0.05, 0) is 57.2 Å². The molecule has 2 atom stereocenters. The van der Waals surface area contributed by atoms with E-state index >= 15 is 0 Å². The Morgan fingerprint density at radius 1 is 1.29 bits per heavy atom. The van der Waals surface area contributed by atoms with Crippen LogP contribution in [-0.2, 0) is 4.79 Å². The first-order valence-electron chi connectivity index (χ1n) is 10.7. The molecule has 2 aromatic rings. The van der Waals surface area contributed by atoms with Crippen molar-refractivity contribution in [2.75, 3.05) is 44.2 Å². The second kappa shape index (κ2) is 8.78. The molecule has 6 heteroatoms. The maximum Gasteiger partial charge on any atom is 0.224 e. The summed E-state index contributed by atoms with van der Waals surface area (Å²) in [6, 6.07) is 4.32. The van der Waals surface area contributed by atoms with Gasteiger partial charge < -0.3 is 15.1 Å². The fraction of sp³-hybridized carbons (Fsp3) is 0.636. The Morgan fingerprint density at radius 2 is 2.14 bits per heavy atom. The van der Waals surface area contributed by atoms with Gasteiger partial charge in [-0.2, -0.15) is 0 Å². The Bertz CT molecular complexity index is 820. The van der Waals surface area contributed by atoms with E-state index in [1.54, 1.807) is 0 Å². The largest absolute Gasteiger partial charge is 0.355 e. The molecule has 2 fully saturated rings. The molecule has 152 valence electrons. The quantitative estimate of drug-likeness (QED) is 0.832. The molecular weight excluding hydrogens is 368 g/mol. The van der Waals surface area contributed by atoms with Gasteiger partial charge in [0.05, 0.1) is 5.92 Å². The van der Waals surface area contributed by atoms with Crippen molar-refractivity contribution in [3.05, 3.63) is 23.2 Å². The summed E-state index contributed by atoms with van der Waals surface area (Å²) < 4.78 is 1.28. The molecule has 2 aromatic heterocycles. The van der Waals surface area contributed by atoms with Crippen LogP contribution in [0.25, 0.3) is 10.1 Å². The summed E-state index contributed by atoms with van der Waals surface area (Å²) in [6.45, 7) is 10.3. The standard InChI is InChI=1S/C22H32N4OS/c1-16-5-3-10-25(14-16)12-9-24-22(27)18-6-4-11-26(15-18)21-19-13-17(2)28-20(19)7-8-23-21/h7-8,13,16,18H,3-6,9-12,14-15H2,1-2H3,(H,24,27). The summed E-state index contributed by atoms with van der Waals surface area (Å²) in [7, 11) is 0. The van der Waals surface area contributed by atoms with Gasteiger partial charge in [-0.15, -0.1) is 11.3 Å². The fourth-order valence-corrected chi connectivity index (χ4v) is 5.60. The first-order valence-corrected chi connectivity index (χ1v) is 11.5. The van der Waals surface area contributed by atoms with Crippen LogP contribution in [0.1, 0.15) is 37.5 Å². The molecule has 4 heterocycles. The van der Waals surface area contributed by atoms with Crippen LogP contribution < -0.4 is 10.2 Å². The van der Waals surface area contributed by atoms with E-state index in [1.165, 1.54) is 40.9 Å². The van der Waals surface area contributed by atoms with Crippen LogP contribution >= 0.6 is 11.3 Å². The van der Waals surface area contributed by atoms with Gasteiger partial charge in [0.1, 0.15) is 5.82 Å². The zero-order chi connectivity index (χ0) is 19.5. The van der Waals surface area contributed by atoms with Gasteiger partial charge in [0.25, 0.3) is 0 Å². The van der Waals surface area contributed by atoms with Crippen LogP contribution in [0.2, 0.25) is 0 Å². The topological polar surface area (TPSA) is 48.5 Å². The number of aromatic nitrogens is 1. The lowest BCUT2D eigenvalue weighted by Gasteiger charge is -2.34. The van der Waals surface area contributed by atoms with Crippen LogP contribution in [0, 0.1) is 18.8 Å². The normalized spacial score (nSPS) is 23.9. The van der Waals surface area contributed by atoms with Crippen molar-refractivity contribution in [2.45, 2.75) is 39.5 Å². The third-order valence-corrected chi connectivity index (χ3v) is 7.12. The van der Waals surface area contributed by atoms with Crippen molar-refractivity contribution < 1.29 is 4.79 Å². The van der Waals surface area contributed by atoms with Crippen LogP contribution in [0.5, 0.6) is 0 Å². The van der Waals surface area contributed by atoms with Gasteiger partial charge in [-0.3, -0.25) is 4.79 Å². The Hall–Kier alpha value is -1.66. The van der Waals surface area contributed by atoms with Crippen molar-refractivity contribution in [3.63, 3.8) is 0 Å². The van der Waals surface area contributed by atoms with Gasteiger partial charge >= 0.3 is 0 Å². The number of nitrogens with one attached hydrogen (secondary N) is 1. The molecule has 1 amide bonds. The van der Waals surface area contributed by atoms with Crippen LogP contribution in [0.4, 0.5) is 5.82 Å². The number of pyridine rings is 1. The van der Waals surface area contributed by atoms with Crippen molar-refractivity contribution in [1.82, 2.24) is 15.2 Å². The second-order valence-corrected chi connectivity index (χ2v) is 9.82. The smallest absolute Gasteiger partial charge is 0.224 e. The molecule has 0 aliphatic carbocycles. The molecule has 1 N–H and O–H groups in total. The highest BCUT2D eigenvalue weighted by Gasteiger charge is 2.27. The molecule has 2 saturated heterocycles. The Kier molecular flexibility index (Phi) is 6.16. The summed E-state index contributed by atoms with van der Waals surface area (Å²) >= 11 is 1.81. The van der Waals surface area contributed by atoms with Gasteiger partial charge in [0.2, 0.25) is 5.91 Å². The Morgan fingerprint density at radius 3 is 3.00 bits per heavy atom. The van der Waals surface area contributed by atoms with E-state index in [1.807, 2.05) is 17.5 Å². The molecule has 5 nitrogen and oxygen atoms in total. The molecule has 0 spiro atoms. The highest BCUT2D eigenvalue weighted by molar-refractivity contribution is 7.19. The summed E-state index contributed by atoms with van der Waals surface area (Å²) in [5.41, 5.74) is 0. The lowest BCUT2D eigenvalue weighted by Crippen LogP contribution is -2.45. The summed E-state index contributed by atoms with van der Waals surface area (Å²) in [4.78, 5) is 23.5. The molecule has 0 radical (unpaired) electrons. The van der Waals surface area contributed by atoms with Crippen LogP contribution in [0.3, 0.4) is 0 Å². The number of anilines is 1. The Labute approximate surface area is 172 Å². The first kappa shape index (κ1) is 19.6. The second-order valence-electron chi connectivity index (χ2n) is 8.53. The number of thiophene rings is 1. The number of hydrogen-bond acceptors (Lipinski definition) is 5. The minimum Gasteiger partial charge on any atom is -0.355 e. The van der Waals surface area contributed by atoms with E-state index in [0.717, 1.165) is 50.8 Å². The maximum atomic E-state index is 12.8. The van der Waals surface area contributed by atoms with Gasteiger partial charge in [-0.25, -0.2) is 4.98 Å². The number of fused-ring (bicyclic) bond motifs is 1. The monoisotopic (exact) mass is 400 g/mol. The molecule has 2 aliphatic rings. The average Bonchev–Trinajstić information content (AvgIpc) is 3.08. The first-order chi connectivity index (χ1) is 13.6. The number of rotatable bonds is 5. The maximum absolute atomic E-state index is 12.8. The summed E-state index contributed by atoms with van der Waals surface area (Å²) in [5.74, 6) is 2.10. The minimum atomic E-state index is 0.0609. The predicted octanol–water partition coefficient (Wildman–Crippen LogP) is 3.67. The van der Waals surface area contributed by atoms with Crippen molar-refractivity contribution in [3.8, 4) is 0 Å². The molecule has 2 aliphatic heterocycles. The number of likely N-dealkylation sites (tertiary alicyclic amines) is 1. The lowest BCUT2D eigenvalue weighted by molar-refractivity contribution is -0.125. The zero-order valence-corrected chi connectivity index (χ0v) is 17.9. The number of amides is 1. The van der Waals surface area contributed by atoms with Crippen molar-refractivity contribution in [2.24, 2.45) is 11.8 Å². The third-order valence-electron chi connectivity index (χ3n) is 6.11. The molecule has 0 bridgehead atoms. The Balaban J connectivity index is 1.33. The van der Waals surface area contributed by atoms with E-state index < -0.39 is 0 Å². The molecule has 2 unspecified atom stereocenters. The molecule has 4 rings (SSSR count). The summed E-state index contributed by atoms with van der Waals surface area (Å²) in [5, 5.41) is 4.43. The van der Waals surface area contributed by atoms with Crippen LogP contribution in [-0.4, -0.2) is 55.1 Å². The van der Waals surface area contributed by atoms with Gasteiger partial charge in [0, 0.05) is 53.9 Å². The molecule has 0 aromatic carbocycles. The van der Waals surface area contributed by atoms with Crippen molar-refractivity contribution in [1.29, 1.82) is 0 Å². The summed E-state index contributed by atoms with van der Waals surface area (Å²) in [6.07, 6.45) is 6.54. The van der Waals surface area contributed by atoms with E-state index in [9.17, 15) is 4.79 Å². The predicted molar refractivity (Wildman–Crippen MR) is 117 cm³/mol. The SMILES string of the molecule is Cc1cc2c(N3CCCC(C(=O)NCCN4CCCC(C)C4)C3)nccc2s1. The highest BCUT2D eigenvalue weighted by Crippen LogP contribution is 2.33. The molecular formula is C22H32N4OS. The van der Waals surface area contributed by atoms with Crippen molar-refractivity contribution >= 4 is 33.1 Å². The number of carbonyl (C=O) groups is 1. The zero-order valence-electron chi connectivity index (χ0n) is 17.1. The molecule has 0 saturated carbocycles. The van der Waals surface area contributed by atoms with E-state index in [-0.39, 0.29) is 11.8 Å². The third kappa shape index (κ3) is 4.49. The highest BCUT2D eigenvalue weighted by atomic mass is 32.1. The minimum absolute atomic E-state index is 0.0609. The van der Waals surface area contributed by atoms with E-state index in [0.29, 0.717) is 0 Å². The number of carbonyl (C=O) groups excluding carboxylic acids is 1. The van der Waals surface area contributed by atoms with Crippen LogP contribution in [0.15, 0.2) is 18.3 Å². The van der Waals surface area contributed by atoms with Gasteiger partial charge in [0.15, 0.2) is 0 Å². The fourth-order valence-electron chi connectivity index (χ4n) is 4.68.